The molecule has 0 spiro atoms. The van der Waals surface area contributed by atoms with Crippen LogP contribution in [0.5, 0.6) is 0 Å². The number of alkyl halides is 3. The summed E-state index contributed by atoms with van der Waals surface area (Å²) in [7, 11) is 0. The number of benzene rings is 1. The van der Waals surface area contributed by atoms with E-state index in [9.17, 15) is 18.3 Å². The lowest BCUT2D eigenvalue weighted by molar-refractivity contribution is -0.140. The van der Waals surface area contributed by atoms with Gasteiger partial charge in [-0.3, -0.25) is 0 Å². The van der Waals surface area contributed by atoms with Gasteiger partial charge in [-0.25, -0.2) is 4.98 Å². The third-order valence-corrected chi connectivity index (χ3v) is 3.05. The zero-order chi connectivity index (χ0) is 15.0. The molecule has 0 aliphatic rings. The van der Waals surface area contributed by atoms with Gasteiger partial charge in [0.1, 0.15) is 12.4 Å². The fourth-order valence-corrected chi connectivity index (χ4v) is 2.03. The van der Waals surface area contributed by atoms with E-state index in [0.717, 1.165) is 4.57 Å². The molecule has 0 radical (unpaired) electrons. The molecule has 1 heterocycles. The number of aromatic nitrogens is 2. The molecule has 1 atom stereocenters. The highest BCUT2D eigenvalue weighted by molar-refractivity contribution is 5.75. The molecule has 3 N–H and O–H groups in total. The number of hydrogen-bond donors (Lipinski definition) is 2. The first-order valence-electron chi connectivity index (χ1n) is 6.15. The van der Waals surface area contributed by atoms with Gasteiger partial charge in [0, 0.05) is 13.0 Å². The summed E-state index contributed by atoms with van der Waals surface area (Å²) in [6.07, 6.45) is -4.39. The summed E-state index contributed by atoms with van der Waals surface area (Å²) in [5.74, 6) is 0.180. The van der Waals surface area contributed by atoms with Crippen LogP contribution in [0.15, 0.2) is 24.3 Å². The Labute approximate surface area is 114 Å². The maximum Gasteiger partial charge on any atom is 0.406 e. The van der Waals surface area contributed by atoms with Gasteiger partial charge < -0.3 is 15.4 Å². The number of imidazole rings is 1. The van der Waals surface area contributed by atoms with Crippen LogP contribution >= 0.6 is 0 Å². The standard InChI is InChI=1S/C13H16F3N3O/c1-12(20,7-17)6-11-18-9-4-2-3-5-10(9)19(11)8-13(14,15)16/h2-5,20H,6-8,17H2,1H3. The fourth-order valence-electron chi connectivity index (χ4n) is 2.03. The molecular weight excluding hydrogens is 271 g/mol. The summed E-state index contributed by atoms with van der Waals surface area (Å²) in [6, 6.07) is 6.58. The van der Waals surface area contributed by atoms with E-state index in [4.69, 9.17) is 5.73 Å². The topological polar surface area (TPSA) is 64.1 Å². The molecule has 2 rings (SSSR count). The Morgan fingerprint density at radius 3 is 2.55 bits per heavy atom. The van der Waals surface area contributed by atoms with Crippen LogP contribution in [-0.2, 0) is 13.0 Å². The molecule has 2 aromatic rings. The third kappa shape index (κ3) is 3.29. The monoisotopic (exact) mass is 287 g/mol. The van der Waals surface area contributed by atoms with Gasteiger partial charge in [0.25, 0.3) is 0 Å². The molecule has 1 unspecified atom stereocenters. The number of aliphatic hydroxyl groups is 1. The summed E-state index contributed by atoms with van der Waals surface area (Å²) in [4.78, 5) is 4.18. The Hall–Kier alpha value is -1.60. The van der Waals surface area contributed by atoms with Gasteiger partial charge in [0.15, 0.2) is 0 Å². The van der Waals surface area contributed by atoms with Crippen molar-refractivity contribution in [3.8, 4) is 0 Å². The number of rotatable bonds is 4. The number of para-hydroxylation sites is 2. The maximum atomic E-state index is 12.7. The number of halogens is 3. The summed E-state index contributed by atoms with van der Waals surface area (Å²) in [5.41, 5.74) is 5.00. The van der Waals surface area contributed by atoms with E-state index < -0.39 is 18.3 Å². The SMILES string of the molecule is CC(O)(CN)Cc1nc2ccccc2n1CC(F)(F)F. The Kier molecular flexibility index (Phi) is 3.75. The van der Waals surface area contributed by atoms with E-state index in [1.807, 2.05) is 0 Å². The molecule has 110 valence electrons. The lowest BCUT2D eigenvalue weighted by Crippen LogP contribution is -2.37. The molecule has 0 aliphatic carbocycles. The van der Waals surface area contributed by atoms with E-state index in [-0.39, 0.29) is 18.8 Å². The first kappa shape index (κ1) is 14.8. The summed E-state index contributed by atoms with van der Waals surface area (Å²) >= 11 is 0. The van der Waals surface area contributed by atoms with Crippen LogP contribution in [0.1, 0.15) is 12.7 Å². The smallest absolute Gasteiger partial charge is 0.388 e. The van der Waals surface area contributed by atoms with Crippen LogP contribution in [0.2, 0.25) is 0 Å². The van der Waals surface area contributed by atoms with Crippen molar-refractivity contribution in [2.75, 3.05) is 6.54 Å². The minimum atomic E-state index is -4.35. The highest BCUT2D eigenvalue weighted by Gasteiger charge is 2.31. The first-order valence-corrected chi connectivity index (χ1v) is 6.15. The quantitative estimate of drug-likeness (QED) is 0.902. The van der Waals surface area contributed by atoms with Crippen LogP contribution in [-0.4, -0.2) is 33.0 Å². The van der Waals surface area contributed by atoms with Crippen LogP contribution in [0.3, 0.4) is 0 Å². The Balaban J connectivity index is 2.49. The third-order valence-electron chi connectivity index (χ3n) is 3.05. The Morgan fingerprint density at radius 1 is 1.30 bits per heavy atom. The van der Waals surface area contributed by atoms with Crippen molar-refractivity contribution >= 4 is 11.0 Å². The number of nitrogens with zero attached hydrogens (tertiary/aromatic N) is 2. The van der Waals surface area contributed by atoms with E-state index in [0.29, 0.717) is 11.0 Å². The second kappa shape index (κ2) is 5.06. The van der Waals surface area contributed by atoms with Gasteiger partial charge in [-0.2, -0.15) is 13.2 Å². The zero-order valence-corrected chi connectivity index (χ0v) is 11.0. The highest BCUT2D eigenvalue weighted by Crippen LogP contribution is 2.25. The lowest BCUT2D eigenvalue weighted by atomic mass is 10.0. The lowest BCUT2D eigenvalue weighted by Gasteiger charge is -2.21. The molecule has 20 heavy (non-hydrogen) atoms. The van der Waals surface area contributed by atoms with Crippen molar-refractivity contribution < 1.29 is 18.3 Å². The second-order valence-electron chi connectivity index (χ2n) is 5.10. The van der Waals surface area contributed by atoms with E-state index in [1.54, 1.807) is 24.3 Å². The van der Waals surface area contributed by atoms with E-state index in [2.05, 4.69) is 4.98 Å². The molecule has 0 saturated heterocycles. The minimum Gasteiger partial charge on any atom is -0.388 e. The second-order valence-corrected chi connectivity index (χ2v) is 5.10. The normalized spacial score (nSPS) is 15.5. The van der Waals surface area contributed by atoms with Crippen molar-refractivity contribution in [3.05, 3.63) is 30.1 Å². The van der Waals surface area contributed by atoms with E-state index in [1.165, 1.54) is 6.92 Å². The van der Waals surface area contributed by atoms with Crippen molar-refractivity contribution in [3.63, 3.8) is 0 Å². The van der Waals surface area contributed by atoms with Gasteiger partial charge >= 0.3 is 6.18 Å². The molecule has 0 aliphatic heterocycles. The average molecular weight is 287 g/mol. The molecule has 0 fully saturated rings. The van der Waals surface area contributed by atoms with Gasteiger partial charge in [-0.1, -0.05) is 12.1 Å². The highest BCUT2D eigenvalue weighted by atomic mass is 19.4. The predicted octanol–water partition coefficient (Wildman–Crippen LogP) is 1.85. The number of fused-ring (bicyclic) bond motifs is 1. The molecule has 7 heteroatoms. The minimum absolute atomic E-state index is 0.0335. The number of nitrogens with two attached hydrogens (primary N) is 1. The molecule has 4 nitrogen and oxygen atoms in total. The average Bonchev–Trinajstić information content (AvgIpc) is 2.65. The molecule has 0 saturated carbocycles. The molecule has 1 aromatic heterocycles. The van der Waals surface area contributed by atoms with Crippen molar-refractivity contribution in [1.82, 2.24) is 9.55 Å². The Bertz CT molecular complexity index is 604. The van der Waals surface area contributed by atoms with Crippen molar-refractivity contribution in [2.45, 2.75) is 31.7 Å². The molecular formula is C13H16F3N3O. The predicted molar refractivity (Wildman–Crippen MR) is 69.2 cm³/mol. The van der Waals surface area contributed by atoms with Gasteiger partial charge in [0.2, 0.25) is 0 Å². The van der Waals surface area contributed by atoms with Gasteiger partial charge in [-0.05, 0) is 19.1 Å². The molecule has 0 amide bonds. The van der Waals surface area contributed by atoms with Crippen LogP contribution in [0, 0.1) is 0 Å². The largest absolute Gasteiger partial charge is 0.406 e. The summed E-state index contributed by atoms with van der Waals surface area (Å²) in [6.45, 7) is 0.288. The molecule has 0 bridgehead atoms. The fraction of sp³-hybridized carbons (Fsp3) is 0.462. The van der Waals surface area contributed by atoms with Crippen molar-refractivity contribution in [1.29, 1.82) is 0 Å². The van der Waals surface area contributed by atoms with E-state index >= 15 is 0 Å². The number of hydrogen-bond acceptors (Lipinski definition) is 3. The van der Waals surface area contributed by atoms with Crippen LogP contribution in [0.25, 0.3) is 11.0 Å². The summed E-state index contributed by atoms with van der Waals surface area (Å²) in [5, 5.41) is 9.96. The van der Waals surface area contributed by atoms with Crippen LogP contribution < -0.4 is 5.73 Å². The Morgan fingerprint density at radius 2 is 1.95 bits per heavy atom. The molecule has 1 aromatic carbocycles. The van der Waals surface area contributed by atoms with Crippen molar-refractivity contribution in [2.24, 2.45) is 5.73 Å². The maximum absolute atomic E-state index is 12.7. The zero-order valence-electron chi connectivity index (χ0n) is 11.0. The van der Waals surface area contributed by atoms with Gasteiger partial charge in [-0.15, -0.1) is 0 Å². The van der Waals surface area contributed by atoms with Crippen LogP contribution in [0.4, 0.5) is 13.2 Å². The summed E-state index contributed by atoms with van der Waals surface area (Å²) < 4.78 is 39.2. The first-order chi connectivity index (χ1) is 9.22. The van der Waals surface area contributed by atoms with Gasteiger partial charge in [0.05, 0.1) is 16.6 Å².